The molecule has 2 heterocycles. The van der Waals surface area contributed by atoms with E-state index in [1.807, 2.05) is 13.1 Å². The Bertz CT molecular complexity index is 651. The molecule has 1 aromatic carbocycles. The number of halogens is 1. The van der Waals surface area contributed by atoms with E-state index in [4.69, 9.17) is 14.2 Å². The van der Waals surface area contributed by atoms with Gasteiger partial charge in [0.2, 0.25) is 0 Å². The average molecular weight is 489 g/mol. The molecule has 7 heteroatoms. The van der Waals surface area contributed by atoms with Crippen LogP contribution in [0.3, 0.4) is 0 Å². The summed E-state index contributed by atoms with van der Waals surface area (Å²) in [4.78, 5) is 6.80. The van der Waals surface area contributed by atoms with Gasteiger partial charge in [-0.3, -0.25) is 4.99 Å². The number of nitrogens with zero attached hydrogens (tertiary/aromatic N) is 2. The standard InChI is InChI=1S/C20H31N3O3.HI/c1-20(2,16-5-6-17-18(11-16)26-10-9-25-17)14-22-19(21-3)23-8-7-15(12-23)13-24-4;/h5-6,11,15H,7-10,12-14H2,1-4H3,(H,21,22);1H. The molecule has 1 unspecified atom stereocenters. The van der Waals surface area contributed by atoms with Crippen LogP contribution >= 0.6 is 24.0 Å². The molecule has 2 aliphatic heterocycles. The lowest BCUT2D eigenvalue weighted by Gasteiger charge is -2.30. The van der Waals surface area contributed by atoms with Crippen molar-refractivity contribution in [2.45, 2.75) is 25.7 Å². The summed E-state index contributed by atoms with van der Waals surface area (Å²) in [6, 6.07) is 6.24. The van der Waals surface area contributed by atoms with Crippen LogP contribution in [0.1, 0.15) is 25.8 Å². The highest BCUT2D eigenvalue weighted by Gasteiger charge is 2.27. The van der Waals surface area contributed by atoms with Gasteiger partial charge in [0.15, 0.2) is 17.5 Å². The van der Waals surface area contributed by atoms with E-state index in [1.54, 1.807) is 7.11 Å². The first-order valence-corrected chi connectivity index (χ1v) is 9.38. The number of hydrogen-bond donors (Lipinski definition) is 1. The van der Waals surface area contributed by atoms with Crippen LogP contribution in [0.25, 0.3) is 0 Å². The van der Waals surface area contributed by atoms with Gasteiger partial charge in [0, 0.05) is 45.1 Å². The van der Waals surface area contributed by atoms with Crippen molar-refractivity contribution in [3.63, 3.8) is 0 Å². The Morgan fingerprint density at radius 2 is 2.04 bits per heavy atom. The molecule has 0 aromatic heterocycles. The van der Waals surface area contributed by atoms with E-state index in [1.165, 1.54) is 5.56 Å². The summed E-state index contributed by atoms with van der Waals surface area (Å²) in [7, 11) is 3.62. The van der Waals surface area contributed by atoms with Gasteiger partial charge >= 0.3 is 0 Å². The zero-order valence-electron chi connectivity index (χ0n) is 16.8. The third-order valence-electron chi connectivity index (χ3n) is 5.21. The Labute approximate surface area is 179 Å². The van der Waals surface area contributed by atoms with Crippen LogP contribution in [0, 0.1) is 5.92 Å². The predicted molar refractivity (Wildman–Crippen MR) is 119 cm³/mol. The number of ether oxygens (including phenoxy) is 3. The van der Waals surface area contributed by atoms with E-state index in [2.05, 4.69) is 41.2 Å². The molecule has 1 aromatic rings. The van der Waals surface area contributed by atoms with Crippen LogP contribution in [0.4, 0.5) is 0 Å². The highest BCUT2D eigenvalue weighted by Crippen LogP contribution is 2.35. The van der Waals surface area contributed by atoms with Crippen molar-refractivity contribution in [1.82, 2.24) is 10.2 Å². The van der Waals surface area contributed by atoms with Crippen LogP contribution < -0.4 is 14.8 Å². The lowest BCUT2D eigenvalue weighted by atomic mass is 9.84. The second-order valence-corrected chi connectivity index (χ2v) is 7.70. The van der Waals surface area contributed by atoms with Crippen LogP contribution in [-0.2, 0) is 10.2 Å². The second kappa shape index (κ2) is 9.82. The third kappa shape index (κ3) is 5.40. The lowest BCUT2D eigenvalue weighted by Crippen LogP contribution is -2.45. The maximum absolute atomic E-state index is 5.73. The van der Waals surface area contributed by atoms with Gasteiger partial charge in [-0.05, 0) is 24.1 Å². The molecule has 1 N–H and O–H groups in total. The van der Waals surface area contributed by atoms with Gasteiger partial charge in [0.25, 0.3) is 0 Å². The summed E-state index contributed by atoms with van der Waals surface area (Å²) in [6.07, 6.45) is 1.15. The molecular formula is C20H32IN3O3. The summed E-state index contributed by atoms with van der Waals surface area (Å²) in [5.41, 5.74) is 1.17. The highest BCUT2D eigenvalue weighted by atomic mass is 127. The van der Waals surface area contributed by atoms with E-state index < -0.39 is 0 Å². The Morgan fingerprint density at radius 1 is 1.30 bits per heavy atom. The van der Waals surface area contributed by atoms with Crippen molar-refractivity contribution in [2.75, 3.05) is 53.6 Å². The van der Waals surface area contributed by atoms with Crippen LogP contribution in [0.15, 0.2) is 23.2 Å². The normalized spacial score (nSPS) is 19.6. The van der Waals surface area contributed by atoms with E-state index in [9.17, 15) is 0 Å². The van der Waals surface area contributed by atoms with Gasteiger partial charge in [-0.1, -0.05) is 19.9 Å². The van der Waals surface area contributed by atoms with E-state index >= 15 is 0 Å². The molecular weight excluding hydrogens is 457 g/mol. The number of guanidine groups is 1. The van der Waals surface area contributed by atoms with E-state index in [0.29, 0.717) is 19.1 Å². The number of nitrogens with one attached hydrogen (secondary N) is 1. The molecule has 3 rings (SSSR count). The minimum absolute atomic E-state index is 0. The Hall–Kier alpha value is -1.22. The van der Waals surface area contributed by atoms with Crippen LogP contribution in [0.5, 0.6) is 11.5 Å². The maximum atomic E-state index is 5.73. The number of benzene rings is 1. The van der Waals surface area contributed by atoms with E-state index in [0.717, 1.165) is 50.1 Å². The van der Waals surface area contributed by atoms with Gasteiger partial charge in [0.1, 0.15) is 13.2 Å². The van der Waals surface area contributed by atoms with Crippen LogP contribution in [-0.4, -0.2) is 64.5 Å². The number of rotatable bonds is 5. The van der Waals surface area contributed by atoms with Crippen molar-refractivity contribution in [3.8, 4) is 11.5 Å². The number of aliphatic imine (C=N–C) groups is 1. The lowest BCUT2D eigenvalue weighted by molar-refractivity contribution is 0.157. The summed E-state index contributed by atoms with van der Waals surface area (Å²) < 4.78 is 16.7. The minimum atomic E-state index is -0.0581. The molecule has 152 valence electrons. The molecule has 0 bridgehead atoms. The first kappa shape index (κ1) is 22.1. The predicted octanol–water partition coefficient (Wildman–Crippen LogP) is 2.90. The Morgan fingerprint density at radius 3 is 2.74 bits per heavy atom. The molecule has 0 radical (unpaired) electrons. The first-order valence-electron chi connectivity index (χ1n) is 9.38. The Balaban J connectivity index is 0.00000261. The molecule has 0 spiro atoms. The van der Waals surface area contributed by atoms with Crippen molar-refractivity contribution in [2.24, 2.45) is 10.9 Å². The smallest absolute Gasteiger partial charge is 0.193 e. The molecule has 1 fully saturated rings. The largest absolute Gasteiger partial charge is 0.486 e. The Kier molecular flexibility index (Phi) is 8.03. The van der Waals surface area contributed by atoms with Gasteiger partial charge in [0.05, 0.1) is 6.61 Å². The second-order valence-electron chi connectivity index (χ2n) is 7.70. The summed E-state index contributed by atoms with van der Waals surface area (Å²) in [5, 5.41) is 3.56. The fraction of sp³-hybridized carbons (Fsp3) is 0.650. The number of likely N-dealkylation sites (tertiary alicyclic amines) is 1. The number of fused-ring (bicyclic) bond motifs is 1. The number of hydrogen-bond acceptors (Lipinski definition) is 4. The monoisotopic (exact) mass is 489 g/mol. The maximum Gasteiger partial charge on any atom is 0.193 e. The van der Waals surface area contributed by atoms with Gasteiger partial charge in [-0.2, -0.15) is 0 Å². The van der Waals surface area contributed by atoms with Crippen molar-refractivity contribution < 1.29 is 14.2 Å². The SMILES string of the molecule is CN=C(NCC(C)(C)c1ccc2c(c1)OCCO2)N1CCC(COC)C1.I. The fourth-order valence-electron chi connectivity index (χ4n) is 3.60. The zero-order chi connectivity index (χ0) is 18.6. The van der Waals surface area contributed by atoms with E-state index in [-0.39, 0.29) is 29.4 Å². The third-order valence-corrected chi connectivity index (χ3v) is 5.21. The van der Waals surface area contributed by atoms with Crippen molar-refractivity contribution >= 4 is 29.9 Å². The molecule has 6 nitrogen and oxygen atoms in total. The molecule has 0 aliphatic carbocycles. The summed E-state index contributed by atoms with van der Waals surface area (Å²) >= 11 is 0. The first-order chi connectivity index (χ1) is 12.5. The number of methoxy groups -OCH3 is 1. The minimum Gasteiger partial charge on any atom is -0.486 e. The average Bonchev–Trinajstić information content (AvgIpc) is 3.10. The molecule has 0 saturated carbocycles. The fourth-order valence-corrected chi connectivity index (χ4v) is 3.60. The summed E-state index contributed by atoms with van der Waals surface area (Å²) in [5.74, 6) is 3.23. The molecule has 27 heavy (non-hydrogen) atoms. The zero-order valence-corrected chi connectivity index (χ0v) is 19.1. The highest BCUT2D eigenvalue weighted by molar-refractivity contribution is 14.0. The van der Waals surface area contributed by atoms with Gasteiger partial charge < -0.3 is 24.4 Å². The molecule has 2 aliphatic rings. The molecule has 0 amide bonds. The molecule has 1 saturated heterocycles. The van der Waals surface area contributed by atoms with Gasteiger partial charge in [-0.15, -0.1) is 24.0 Å². The van der Waals surface area contributed by atoms with Crippen LogP contribution in [0.2, 0.25) is 0 Å². The van der Waals surface area contributed by atoms with Gasteiger partial charge in [-0.25, -0.2) is 0 Å². The quantitative estimate of drug-likeness (QED) is 0.392. The van der Waals surface area contributed by atoms with Crippen molar-refractivity contribution in [3.05, 3.63) is 23.8 Å². The van der Waals surface area contributed by atoms with Crippen molar-refractivity contribution in [1.29, 1.82) is 0 Å². The molecule has 1 atom stereocenters. The topological polar surface area (TPSA) is 55.3 Å². The summed E-state index contributed by atoms with van der Waals surface area (Å²) in [6.45, 7) is 9.33.